The Morgan fingerprint density at radius 3 is 2.34 bits per heavy atom. The predicted octanol–water partition coefficient (Wildman–Crippen LogP) is 5.57. The minimum absolute atomic E-state index is 0.0335. The monoisotopic (exact) mass is 442 g/mol. The maximum atomic E-state index is 14.5. The van der Waals surface area contributed by atoms with Crippen molar-refractivity contribution in [2.24, 2.45) is 5.92 Å². The topological polar surface area (TPSA) is 53.2 Å². The van der Waals surface area contributed by atoms with Crippen LogP contribution in [-0.4, -0.2) is 35.7 Å². The van der Waals surface area contributed by atoms with E-state index < -0.39 is 11.6 Å². The zero-order valence-corrected chi connectivity index (χ0v) is 18.1. The number of Topliss-reactive ketones (excluding diaryl/α,β-unsaturated/α-hetero) is 1. The summed E-state index contributed by atoms with van der Waals surface area (Å²) < 4.78 is 41.9. The van der Waals surface area contributed by atoms with E-state index in [4.69, 9.17) is 0 Å². The molecule has 7 heteroatoms. The Morgan fingerprint density at radius 1 is 1.00 bits per heavy atom. The Bertz CT molecular complexity index is 1160. The molecule has 1 heterocycles. The Hall–Kier alpha value is -3.09. The van der Waals surface area contributed by atoms with Gasteiger partial charge in [0.15, 0.2) is 0 Å². The van der Waals surface area contributed by atoms with Gasteiger partial charge < -0.3 is 9.88 Å². The molecule has 0 aliphatic heterocycles. The number of halogens is 3. The summed E-state index contributed by atoms with van der Waals surface area (Å²) in [5.74, 6) is -1.52. The minimum atomic E-state index is -0.675. The second-order valence-corrected chi connectivity index (χ2v) is 8.80. The third kappa shape index (κ3) is 4.42. The molecule has 1 aliphatic carbocycles. The van der Waals surface area contributed by atoms with Gasteiger partial charge in [0.25, 0.3) is 0 Å². The van der Waals surface area contributed by atoms with Gasteiger partial charge in [0.2, 0.25) is 5.91 Å². The van der Waals surface area contributed by atoms with Crippen molar-refractivity contribution in [3.8, 4) is 11.3 Å². The van der Waals surface area contributed by atoms with E-state index in [2.05, 4.69) is 4.98 Å². The number of ketones is 1. The second-order valence-electron chi connectivity index (χ2n) is 8.80. The third-order valence-electron chi connectivity index (χ3n) is 6.27. The highest BCUT2D eigenvalue weighted by Gasteiger charge is 2.35. The van der Waals surface area contributed by atoms with Crippen molar-refractivity contribution in [2.45, 2.75) is 38.0 Å². The van der Waals surface area contributed by atoms with Crippen molar-refractivity contribution >= 4 is 22.6 Å². The number of hydrogen-bond donors (Lipinski definition) is 1. The Balaban J connectivity index is 1.54. The van der Waals surface area contributed by atoms with Gasteiger partial charge in [-0.05, 0) is 66.1 Å². The number of nitrogens with zero attached hydrogens (tertiary/aromatic N) is 1. The van der Waals surface area contributed by atoms with Crippen LogP contribution >= 0.6 is 0 Å². The van der Waals surface area contributed by atoms with E-state index in [1.165, 1.54) is 23.1 Å². The highest BCUT2D eigenvalue weighted by atomic mass is 19.1. The fourth-order valence-corrected chi connectivity index (χ4v) is 4.54. The van der Waals surface area contributed by atoms with Crippen LogP contribution < -0.4 is 0 Å². The van der Waals surface area contributed by atoms with E-state index in [0.29, 0.717) is 35.9 Å². The van der Waals surface area contributed by atoms with E-state index in [1.807, 2.05) is 0 Å². The molecule has 32 heavy (non-hydrogen) atoms. The number of amides is 1. The Kier molecular flexibility index (Phi) is 6.09. The van der Waals surface area contributed by atoms with Gasteiger partial charge in [-0.25, -0.2) is 13.2 Å². The summed E-state index contributed by atoms with van der Waals surface area (Å²) in [7, 11) is 3.32. The van der Waals surface area contributed by atoms with Gasteiger partial charge in [-0.3, -0.25) is 9.59 Å². The van der Waals surface area contributed by atoms with Crippen molar-refractivity contribution in [1.29, 1.82) is 0 Å². The van der Waals surface area contributed by atoms with Crippen LogP contribution in [0.25, 0.3) is 22.2 Å². The molecule has 1 N–H and O–H groups in total. The number of hydrogen-bond acceptors (Lipinski definition) is 2. The van der Waals surface area contributed by atoms with E-state index in [-0.39, 0.29) is 47.7 Å². The predicted molar refractivity (Wildman–Crippen MR) is 117 cm³/mol. The lowest BCUT2D eigenvalue weighted by atomic mass is 9.68. The number of aromatic amines is 1. The van der Waals surface area contributed by atoms with Crippen LogP contribution in [0.5, 0.6) is 0 Å². The molecule has 1 amide bonds. The van der Waals surface area contributed by atoms with Crippen LogP contribution in [0.1, 0.15) is 43.6 Å². The average molecular weight is 442 g/mol. The first-order valence-corrected chi connectivity index (χ1v) is 10.7. The molecule has 3 aromatic rings. The Labute approximate surface area is 184 Å². The van der Waals surface area contributed by atoms with Crippen LogP contribution in [-0.2, 0) is 9.59 Å². The van der Waals surface area contributed by atoms with Crippen molar-refractivity contribution in [3.05, 3.63) is 59.4 Å². The molecule has 4 nitrogen and oxygen atoms in total. The van der Waals surface area contributed by atoms with Gasteiger partial charge in [0.1, 0.15) is 23.2 Å². The molecule has 2 aromatic carbocycles. The average Bonchev–Trinajstić information content (AvgIpc) is 3.08. The van der Waals surface area contributed by atoms with Gasteiger partial charge in [-0.2, -0.15) is 0 Å². The van der Waals surface area contributed by atoms with Crippen molar-refractivity contribution in [2.75, 3.05) is 14.1 Å². The first-order chi connectivity index (χ1) is 15.2. The van der Waals surface area contributed by atoms with Crippen molar-refractivity contribution < 1.29 is 22.8 Å². The standard InChI is InChI=1S/C25H25F3N2O2/c1-30(2)22(32)8-7-19(31)11-14-9-16(10-14)23-20-12-18(27)13-21(28)25(20)29-24(23)15-3-5-17(26)6-4-15/h3-6,12-14,16,29H,7-11H2,1-2H3. The molecule has 1 aliphatic rings. The molecule has 0 saturated heterocycles. The molecule has 0 unspecified atom stereocenters. The van der Waals surface area contributed by atoms with Gasteiger partial charge >= 0.3 is 0 Å². The molecule has 1 aromatic heterocycles. The number of benzene rings is 2. The van der Waals surface area contributed by atoms with E-state index >= 15 is 0 Å². The van der Waals surface area contributed by atoms with Crippen LogP contribution in [0.15, 0.2) is 36.4 Å². The zero-order chi connectivity index (χ0) is 23.0. The zero-order valence-electron chi connectivity index (χ0n) is 18.1. The quantitative estimate of drug-likeness (QED) is 0.520. The van der Waals surface area contributed by atoms with Crippen LogP contribution in [0.3, 0.4) is 0 Å². The highest BCUT2D eigenvalue weighted by Crippen LogP contribution is 2.49. The summed E-state index contributed by atoms with van der Waals surface area (Å²) in [6, 6.07) is 8.05. The van der Waals surface area contributed by atoms with Gasteiger partial charge in [0, 0.05) is 44.8 Å². The number of fused-ring (bicyclic) bond motifs is 1. The molecule has 0 bridgehead atoms. The van der Waals surface area contributed by atoms with Crippen molar-refractivity contribution in [1.82, 2.24) is 9.88 Å². The Morgan fingerprint density at radius 2 is 1.69 bits per heavy atom. The number of carbonyl (C=O) groups excluding carboxylic acids is 2. The molecule has 0 radical (unpaired) electrons. The summed E-state index contributed by atoms with van der Waals surface area (Å²) in [4.78, 5) is 28.5. The molecule has 0 spiro atoms. The molecule has 1 fully saturated rings. The fraction of sp³-hybridized carbons (Fsp3) is 0.360. The normalized spacial score (nSPS) is 17.9. The van der Waals surface area contributed by atoms with E-state index in [0.717, 1.165) is 11.6 Å². The maximum Gasteiger partial charge on any atom is 0.222 e. The van der Waals surface area contributed by atoms with Crippen LogP contribution in [0.4, 0.5) is 13.2 Å². The van der Waals surface area contributed by atoms with E-state index in [1.54, 1.807) is 26.2 Å². The number of rotatable bonds is 7. The fourth-order valence-electron chi connectivity index (χ4n) is 4.54. The third-order valence-corrected chi connectivity index (χ3v) is 6.27. The number of nitrogens with one attached hydrogen (secondary N) is 1. The second kappa shape index (κ2) is 8.81. The molecule has 168 valence electrons. The summed E-state index contributed by atoms with van der Waals surface area (Å²) in [6.07, 6.45) is 2.26. The lowest BCUT2D eigenvalue weighted by molar-refractivity contribution is -0.131. The number of carbonyl (C=O) groups is 2. The smallest absolute Gasteiger partial charge is 0.222 e. The van der Waals surface area contributed by atoms with Gasteiger partial charge in [0.05, 0.1) is 11.2 Å². The molecular formula is C25H25F3N2O2. The van der Waals surface area contributed by atoms with Gasteiger partial charge in [-0.1, -0.05) is 0 Å². The van der Waals surface area contributed by atoms with E-state index in [9.17, 15) is 22.8 Å². The maximum absolute atomic E-state index is 14.5. The molecule has 0 atom stereocenters. The summed E-state index contributed by atoms with van der Waals surface area (Å²) in [5, 5.41) is 0.480. The lowest BCUT2D eigenvalue weighted by Gasteiger charge is -2.36. The molecular weight excluding hydrogens is 417 g/mol. The minimum Gasteiger partial charge on any atom is -0.352 e. The summed E-state index contributed by atoms with van der Waals surface area (Å²) in [6.45, 7) is 0. The van der Waals surface area contributed by atoms with Crippen molar-refractivity contribution in [3.63, 3.8) is 0 Å². The van der Waals surface area contributed by atoms with Gasteiger partial charge in [-0.15, -0.1) is 0 Å². The molecule has 4 rings (SSSR count). The first kappa shape index (κ1) is 22.1. The number of H-pyrrole nitrogens is 1. The largest absolute Gasteiger partial charge is 0.352 e. The SMILES string of the molecule is CN(C)C(=O)CCC(=O)CC1CC(c2c(-c3ccc(F)cc3)[nH]c3c(F)cc(F)cc23)C1. The van der Waals surface area contributed by atoms with Crippen LogP contribution in [0.2, 0.25) is 0 Å². The van der Waals surface area contributed by atoms with Crippen LogP contribution in [0, 0.1) is 23.4 Å². The highest BCUT2D eigenvalue weighted by molar-refractivity contribution is 5.92. The summed E-state index contributed by atoms with van der Waals surface area (Å²) >= 11 is 0. The number of aromatic nitrogens is 1. The first-order valence-electron chi connectivity index (χ1n) is 10.7. The molecule has 1 saturated carbocycles. The lowest BCUT2D eigenvalue weighted by Crippen LogP contribution is -2.26. The summed E-state index contributed by atoms with van der Waals surface area (Å²) in [5.41, 5.74) is 2.37.